The number of rotatable bonds is 38. The van der Waals surface area contributed by atoms with Crippen molar-refractivity contribution in [3.8, 4) is 0 Å². The van der Waals surface area contributed by atoms with Crippen LogP contribution in [-0.4, -0.2) is 127 Å². The molecule has 0 saturated heterocycles. The van der Waals surface area contributed by atoms with E-state index in [4.69, 9.17) is 49.3 Å². The fourth-order valence-electron chi connectivity index (χ4n) is 4.85. The molecule has 300 valence electrons. The van der Waals surface area contributed by atoms with E-state index in [1.165, 1.54) is 0 Å². The summed E-state index contributed by atoms with van der Waals surface area (Å²) >= 11 is 0. The van der Waals surface area contributed by atoms with Gasteiger partial charge < -0.3 is 48.9 Å². The lowest BCUT2D eigenvalue weighted by atomic mass is 9.76. The minimum absolute atomic E-state index is 0.0120. The zero-order valence-corrected chi connectivity index (χ0v) is 32.0. The smallest absolute Gasteiger partial charge is 0.308 e. The first kappa shape index (κ1) is 48.8. The summed E-state index contributed by atoms with van der Waals surface area (Å²) in [5, 5.41) is 17.3. The largest absolute Gasteiger partial charge is 0.465 e. The molecular weight excluding hydrogens is 664 g/mol. The molecule has 51 heavy (non-hydrogen) atoms. The first-order valence-corrected chi connectivity index (χ1v) is 18.6. The molecule has 0 fully saturated rings. The zero-order valence-electron chi connectivity index (χ0n) is 32.0. The van der Waals surface area contributed by atoms with Crippen molar-refractivity contribution < 1.29 is 58.0 Å². The Morgan fingerprint density at radius 1 is 0.725 bits per heavy atom. The van der Waals surface area contributed by atoms with Crippen LogP contribution in [0.25, 0.3) is 0 Å². The van der Waals surface area contributed by atoms with E-state index in [9.17, 15) is 9.59 Å². The molecule has 0 aromatic heterocycles. The Morgan fingerprint density at radius 3 is 1.49 bits per heavy atom. The molecule has 0 heterocycles. The molecule has 0 aliphatic heterocycles. The molecule has 4 N–H and O–H groups in total. The minimum atomic E-state index is -0.612. The van der Waals surface area contributed by atoms with E-state index in [0.717, 1.165) is 32.1 Å². The van der Waals surface area contributed by atoms with Crippen LogP contribution in [0.2, 0.25) is 0 Å². The van der Waals surface area contributed by atoms with Crippen molar-refractivity contribution in [3.05, 3.63) is 12.3 Å². The number of Topliss-reactive ketones (excluding diaryl/α,β-unsaturated/α-hetero) is 1. The average Bonchev–Trinajstić information content (AvgIpc) is 3.12. The summed E-state index contributed by atoms with van der Waals surface area (Å²) in [4.78, 5) is 33.6. The predicted octanol–water partition coefficient (Wildman–Crippen LogP) is 4.75. The molecule has 14 heteroatoms. The van der Waals surface area contributed by atoms with Gasteiger partial charge in [-0.05, 0) is 51.4 Å². The molecule has 2 atom stereocenters. The predicted molar refractivity (Wildman–Crippen MR) is 196 cm³/mol. The van der Waals surface area contributed by atoms with E-state index in [-0.39, 0.29) is 43.2 Å². The van der Waals surface area contributed by atoms with Crippen molar-refractivity contribution in [2.24, 2.45) is 28.0 Å². The Kier molecular flexibility index (Phi) is 32.2. The van der Waals surface area contributed by atoms with Crippen molar-refractivity contribution in [3.63, 3.8) is 0 Å². The maximum atomic E-state index is 12.7. The Labute approximate surface area is 306 Å². The normalized spacial score (nSPS) is 13.3. The number of hydrogen-bond acceptors (Lipinski definition) is 13. The number of esters is 1. The van der Waals surface area contributed by atoms with Gasteiger partial charge in [-0.3, -0.25) is 14.6 Å². The van der Waals surface area contributed by atoms with Gasteiger partial charge >= 0.3 is 5.97 Å². The van der Waals surface area contributed by atoms with Crippen molar-refractivity contribution in [2.45, 2.75) is 91.9 Å². The monoisotopic (exact) mass is 734 g/mol. The number of hydrogen-bond donors (Lipinski definition) is 3. The highest BCUT2D eigenvalue weighted by Gasteiger charge is 2.32. The summed E-state index contributed by atoms with van der Waals surface area (Å²) < 4.78 is 38.8. The van der Waals surface area contributed by atoms with Gasteiger partial charge in [0.25, 0.3) is 0 Å². The maximum absolute atomic E-state index is 12.7. The quantitative estimate of drug-likeness (QED) is 0.0150. The Hall–Kier alpha value is -2.17. The summed E-state index contributed by atoms with van der Waals surface area (Å²) in [6.45, 7) is 18.9. The Bertz CT molecular complexity index is 903. The summed E-state index contributed by atoms with van der Waals surface area (Å²) in [7, 11) is 0. The van der Waals surface area contributed by atoms with Gasteiger partial charge in [-0.1, -0.05) is 34.3 Å². The lowest BCUT2D eigenvalue weighted by Gasteiger charge is -2.29. The van der Waals surface area contributed by atoms with Crippen LogP contribution < -0.4 is 5.73 Å². The molecule has 0 aliphatic rings. The van der Waals surface area contributed by atoms with Gasteiger partial charge in [-0.15, -0.1) is 0 Å². The lowest BCUT2D eigenvalue weighted by Crippen LogP contribution is -2.36. The highest BCUT2D eigenvalue weighted by molar-refractivity contribution is 5.87. The van der Waals surface area contributed by atoms with Gasteiger partial charge in [0.05, 0.1) is 18.4 Å². The highest BCUT2D eigenvalue weighted by atomic mass is 17.1. The minimum Gasteiger partial charge on any atom is -0.465 e. The van der Waals surface area contributed by atoms with Gasteiger partial charge in [-0.25, -0.2) is 5.26 Å². The number of carbonyl (C=O) groups is 2. The second kappa shape index (κ2) is 33.7. The molecule has 0 saturated carbocycles. The highest BCUT2D eigenvalue weighted by Crippen LogP contribution is 2.31. The molecule has 0 rings (SSSR count). The first-order chi connectivity index (χ1) is 24.6. The maximum Gasteiger partial charge on any atom is 0.308 e. The zero-order chi connectivity index (χ0) is 38.0. The van der Waals surface area contributed by atoms with E-state index in [1.54, 1.807) is 13.8 Å². The van der Waals surface area contributed by atoms with Gasteiger partial charge in [0.1, 0.15) is 12.3 Å². The third kappa shape index (κ3) is 29.0. The van der Waals surface area contributed by atoms with Crippen molar-refractivity contribution >= 4 is 17.6 Å². The molecule has 0 aliphatic carbocycles. The number of carbonyl (C=O) groups excluding carboxylic acids is 2. The third-order valence-electron chi connectivity index (χ3n) is 7.86. The summed E-state index contributed by atoms with van der Waals surface area (Å²) in [6, 6.07) is 0. The standard InChI is InChI=1S/C37H70N2O12/c1-6-34(41)33(29-37(4,5)36(38)39-30-32(3)51-43)28-31(2)35(42)50-27-13-26-49-25-12-24-48-23-11-22-47-21-10-20-46-19-9-18-45-17-8-16-44-15-7-14-40/h31,33,40,43H,3,6-30H2,1-2,4-5H3,(H2,38,39). The second-order valence-electron chi connectivity index (χ2n) is 13.1. The molecule has 0 spiro atoms. The number of amidine groups is 1. The molecule has 0 aromatic rings. The average molecular weight is 735 g/mol. The van der Waals surface area contributed by atoms with E-state index >= 15 is 0 Å². The van der Waals surface area contributed by atoms with Gasteiger partial charge in [0.15, 0.2) is 5.76 Å². The molecular formula is C37H70N2O12. The third-order valence-corrected chi connectivity index (χ3v) is 7.86. The number of nitrogens with two attached hydrogens (primary N) is 1. The van der Waals surface area contributed by atoms with Crippen LogP contribution >= 0.6 is 0 Å². The molecule has 2 unspecified atom stereocenters. The van der Waals surface area contributed by atoms with Gasteiger partial charge in [0, 0.05) is 110 Å². The number of aliphatic hydroxyl groups excluding tert-OH is 1. The number of ketones is 1. The molecule has 0 bridgehead atoms. The molecule has 14 nitrogen and oxygen atoms in total. The number of nitrogens with zero attached hydrogens (tertiary/aromatic N) is 1. The van der Waals surface area contributed by atoms with Crippen molar-refractivity contribution in [1.29, 1.82) is 0 Å². The summed E-state index contributed by atoms with van der Waals surface area (Å²) in [5.41, 5.74) is 5.56. The van der Waals surface area contributed by atoms with Crippen molar-refractivity contribution in [2.75, 3.05) is 99.0 Å². The van der Waals surface area contributed by atoms with E-state index < -0.39 is 11.3 Å². The topological polar surface area (TPSA) is 187 Å². The molecule has 0 amide bonds. The number of aliphatic imine (C=N–C) groups is 1. The van der Waals surface area contributed by atoms with Crippen LogP contribution in [0, 0.1) is 17.3 Å². The van der Waals surface area contributed by atoms with Crippen LogP contribution in [0.15, 0.2) is 17.3 Å². The first-order valence-electron chi connectivity index (χ1n) is 18.6. The van der Waals surface area contributed by atoms with E-state index in [2.05, 4.69) is 16.5 Å². The van der Waals surface area contributed by atoms with Crippen LogP contribution in [0.3, 0.4) is 0 Å². The second-order valence-corrected chi connectivity index (χ2v) is 13.1. The Morgan fingerprint density at radius 2 is 1.12 bits per heavy atom. The SMILES string of the molecule is C=C(CN=C(N)C(C)(C)CC(CC(C)C(=O)OCCCOCCCOCCCOCCCOCCCOCCCOCCCO)C(=O)CC)OO. The lowest BCUT2D eigenvalue weighted by molar-refractivity contribution is -0.202. The van der Waals surface area contributed by atoms with Crippen LogP contribution in [-0.2, 0) is 47.6 Å². The summed E-state index contributed by atoms with van der Waals surface area (Å²) in [5.74, 6) is -0.737. The van der Waals surface area contributed by atoms with E-state index in [0.29, 0.717) is 117 Å². The van der Waals surface area contributed by atoms with Gasteiger partial charge in [0.2, 0.25) is 0 Å². The van der Waals surface area contributed by atoms with E-state index in [1.807, 2.05) is 13.8 Å². The Balaban J connectivity index is 3.75. The number of ether oxygens (including phenoxy) is 7. The fourth-order valence-corrected chi connectivity index (χ4v) is 4.85. The van der Waals surface area contributed by atoms with Crippen molar-refractivity contribution in [1.82, 2.24) is 0 Å². The fraction of sp³-hybridized carbons (Fsp3) is 0.865. The van der Waals surface area contributed by atoms with Crippen LogP contribution in [0.1, 0.15) is 91.9 Å². The molecule has 0 radical (unpaired) electrons. The molecule has 0 aromatic carbocycles. The van der Waals surface area contributed by atoms with Gasteiger partial charge in [-0.2, -0.15) is 0 Å². The number of aliphatic hydroxyl groups is 1. The summed E-state index contributed by atoms with van der Waals surface area (Å²) in [6.07, 6.45) is 6.59. The van der Waals surface area contributed by atoms with Crippen LogP contribution in [0.4, 0.5) is 0 Å². The van der Waals surface area contributed by atoms with Crippen LogP contribution in [0.5, 0.6) is 0 Å².